The fraction of sp³-hybridized carbons (Fsp3) is 0.389. The van der Waals surface area contributed by atoms with Gasteiger partial charge < -0.3 is 5.32 Å². The molecule has 2 rings (SSSR count). The molecule has 3 heteroatoms. The normalized spacial score (nSPS) is 12.1. The van der Waals surface area contributed by atoms with Gasteiger partial charge in [0.05, 0.1) is 17.4 Å². The van der Waals surface area contributed by atoms with Crippen LogP contribution in [-0.4, -0.2) is 9.78 Å². The Balaban J connectivity index is 2.16. The second kappa shape index (κ2) is 7.67. The highest BCUT2D eigenvalue weighted by molar-refractivity contribution is 5.48. The van der Waals surface area contributed by atoms with E-state index in [1.165, 1.54) is 5.56 Å². The van der Waals surface area contributed by atoms with Crippen molar-refractivity contribution in [1.82, 2.24) is 9.78 Å². The number of anilines is 1. The van der Waals surface area contributed by atoms with Crippen LogP contribution in [0, 0.1) is 0 Å². The summed E-state index contributed by atoms with van der Waals surface area (Å²) < 4.78 is 1.88. The fourth-order valence-electron chi connectivity index (χ4n) is 2.58. The molecule has 0 fully saturated rings. The van der Waals surface area contributed by atoms with Gasteiger partial charge in [-0.15, -0.1) is 6.58 Å². The van der Waals surface area contributed by atoms with Gasteiger partial charge in [-0.05, 0) is 31.2 Å². The molecular weight excluding hydrogens is 258 g/mol. The summed E-state index contributed by atoms with van der Waals surface area (Å²) in [6.45, 7) is 5.95. The second-order valence-corrected chi connectivity index (χ2v) is 5.34. The van der Waals surface area contributed by atoms with Crippen LogP contribution in [0.4, 0.5) is 5.69 Å². The van der Waals surface area contributed by atoms with E-state index < -0.39 is 0 Å². The lowest BCUT2D eigenvalue weighted by Gasteiger charge is -2.20. The molecule has 0 spiro atoms. The lowest BCUT2D eigenvalue weighted by atomic mass is 10.0. The van der Waals surface area contributed by atoms with Crippen molar-refractivity contribution in [1.29, 1.82) is 0 Å². The van der Waals surface area contributed by atoms with Gasteiger partial charge in [-0.3, -0.25) is 4.68 Å². The van der Waals surface area contributed by atoms with Crippen molar-refractivity contribution in [3.8, 4) is 0 Å². The molecule has 1 unspecified atom stereocenters. The molecule has 0 aliphatic carbocycles. The van der Waals surface area contributed by atoms with Gasteiger partial charge in [0, 0.05) is 13.2 Å². The minimum absolute atomic E-state index is 0.320. The number of rotatable bonds is 8. The van der Waals surface area contributed by atoms with E-state index in [9.17, 15) is 0 Å². The lowest BCUT2D eigenvalue weighted by molar-refractivity contribution is 0.651. The maximum Gasteiger partial charge on any atom is 0.0853 e. The predicted molar refractivity (Wildman–Crippen MR) is 89.4 cm³/mol. The Morgan fingerprint density at radius 3 is 2.76 bits per heavy atom. The van der Waals surface area contributed by atoms with E-state index in [1.807, 2.05) is 17.8 Å². The highest BCUT2D eigenvalue weighted by Gasteiger charge is 2.14. The first-order valence-electron chi connectivity index (χ1n) is 7.69. The summed E-state index contributed by atoms with van der Waals surface area (Å²) in [5, 5.41) is 8.19. The van der Waals surface area contributed by atoms with Gasteiger partial charge >= 0.3 is 0 Å². The molecule has 21 heavy (non-hydrogen) atoms. The molecule has 3 nitrogen and oxygen atoms in total. The number of hydrogen-bond acceptors (Lipinski definition) is 2. The molecule has 1 N–H and O–H groups in total. The summed E-state index contributed by atoms with van der Waals surface area (Å²) >= 11 is 0. The molecule has 0 bridgehead atoms. The summed E-state index contributed by atoms with van der Waals surface area (Å²) in [5.41, 5.74) is 3.60. The molecule has 112 valence electrons. The van der Waals surface area contributed by atoms with Crippen LogP contribution in [0.2, 0.25) is 0 Å². The average molecular weight is 283 g/mol. The van der Waals surface area contributed by atoms with Crippen molar-refractivity contribution in [3.63, 3.8) is 0 Å². The molecule has 0 saturated carbocycles. The standard InChI is InChI=1S/C18H25N3/c1-4-6-8-13-17(15-11-9-7-10-12-15)19-18-14-21(3)20-16(18)5-2/h4,7,9-12,14,17,19H,1,5-6,8,13H2,2-3H3. The number of nitrogens with one attached hydrogen (secondary N) is 1. The zero-order valence-corrected chi connectivity index (χ0v) is 13.0. The zero-order chi connectivity index (χ0) is 15.1. The predicted octanol–water partition coefficient (Wildman–Crippen LogP) is 4.49. The van der Waals surface area contributed by atoms with Gasteiger partial charge in [0.25, 0.3) is 0 Å². The molecule has 1 aromatic heterocycles. The molecule has 1 heterocycles. The SMILES string of the molecule is C=CCCCC(Nc1cn(C)nc1CC)c1ccccc1. The molecule has 0 amide bonds. The summed E-state index contributed by atoms with van der Waals surface area (Å²) in [7, 11) is 1.97. The van der Waals surface area contributed by atoms with Gasteiger partial charge in [-0.1, -0.05) is 43.3 Å². The average Bonchev–Trinajstić information content (AvgIpc) is 2.87. The summed E-state index contributed by atoms with van der Waals surface area (Å²) in [5.74, 6) is 0. The summed E-state index contributed by atoms with van der Waals surface area (Å²) in [6, 6.07) is 11.0. The molecule has 0 saturated heterocycles. The van der Waals surface area contributed by atoms with Crippen LogP contribution in [0.3, 0.4) is 0 Å². The number of unbranched alkanes of at least 4 members (excludes halogenated alkanes) is 1. The lowest BCUT2D eigenvalue weighted by Crippen LogP contribution is -2.11. The van der Waals surface area contributed by atoms with Crippen molar-refractivity contribution >= 4 is 5.69 Å². The minimum atomic E-state index is 0.320. The fourth-order valence-corrected chi connectivity index (χ4v) is 2.58. The van der Waals surface area contributed by atoms with Gasteiger partial charge in [0.1, 0.15) is 0 Å². The van der Waals surface area contributed by atoms with E-state index >= 15 is 0 Å². The topological polar surface area (TPSA) is 29.9 Å². The molecule has 1 aromatic carbocycles. The van der Waals surface area contributed by atoms with Crippen molar-refractivity contribution in [2.45, 2.75) is 38.6 Å². The number of nitrogens with zero attached hydrogens (tertiary/aromatic N) is 2. The van der Waals surface area contributed by atoms with Crippen LogP contribution in [-0.2, 0) is 13.5 Å². The highest BCUT2D eigenvalue weighted by atomic mass is 15.3. The number of benzene rings is 1. The molecule has 0 radical (unpaired) electrons. The van der Waals surface area contributed by atoms with Crippen molar-refractivity contribution in [3.05, 3.63) is 60.4 Å². The molecule has 0 aliphatic heterocycles. The van der Waals surface area contributed by atoms with Crippen LogP contribution in [0.25, 0.3) is 0 Å². The molecule has 2 aromatic rings. The summed E-state index contributed by atoms with van der Waals surface area (Å²) in [4.78, 5) is 0. The van der Waals surface area contributed by atoms with Crippen LogP contribution in [0.15, 0.2) is 49.2 Å². The smallest absolute Gasteiger partial charge is 0.0853 e. The van der Waals surface area contributed by atoms with Crippen molar-refractivity contribution in [2.24, 2.45) is 7.05 Å². The Morgan fingerprint density at radius 1 is 1.33 bits per heavy atom. The van der Waals surface area contributed by atoms with Crippen LogP contribution in [0.1, 0.15) is 43.5 Å². The molecular formula is C18H25N3. The van der Waals surface area contributed by atoms with Crippen molar-refractivity contribution < 1.29 is 0 Å². The first-order valence-corrected chi connectivity index (χ1v) is 7.69. The molecule has 0 aliphatic rings. The van der Waals surface area contributed by atoms with Crippen LogP contribution in [0.5, 0.6) is 0 Å². The summed E-state index contributed by atoms with van der Waals surface area (Å²) in [6.07, 6.45) is 8.29. The first kappa shape index (κ1) is 15.4. The number of aryl methyl sites for hydroxylation is 2. The third-order valence-electron chi connectivity index (χ3n) is 3.67. The quantitative estimate of drug-likeness (QED) is 0.571. The van der Waals surface area contributed by atoms with E-state index in [0.717, 1.165) is 37.1 Å². The van der Waals surface area contributed by atoms with E-state index in [-0.39, 0.29) is 0 Å². The van der Waals surface area contributed by atoms with Gasteiger partial charge in [0.15, 0.2) is 0 Å². The van der Waals surface area contributed by atoms with Crippen LogP contribution >= 0.6 is 0 Å². The maximum absolute atomic E-state index is 4.51. The van der Waals surface area contributed by atoms with Gasteiger partial charge in [-0.25, -0.2) is 0 Å². The largest absolute Gasteiger partial charge is 0.375 e. The Morgan fingerprint density at radius 2 is 2.10 bits per heavy atom. The number of hydrogen-bond donors (Lipinski definition) is 1. The van der Waals surface area contributed by atoms with E-state index in [2.05, 4.69) is 60.4 Å². The van der Waals surface area contributed by atoms with E-state index in [1.54, 1.807) is 0 Å². The van der Waals surface area contributed by atoms with Gasteiger partial charge in [-0.2, -0.15) is 5.10 Å². The Kier molecular flexibility index (Phi) is 5.61. The number of aromatic nitrogens is 2. The maximum atomic E-state index is 4.51. The Hall–Kier alpha value is -2.03. The van der Waals surface area contributed by atoms with Gasteiger partial charge in [0.2, 0.25) is 0 Å². The Bertz CT molecular complexity index is 557. The Labute approximate surface area is 127 Å². The van der Waals surface area contributed by atoms with Crippen LogP contribution < -0.4 is 5.32 Å². The molecule has 1 atom stereocenters. The number of allylic oxidation sites excluding steroid dienone is 1. The highest BCUT2D eigenvalue weighted by Crippen LogP contribution is 2.26. The zero-order valence-electron chi connectivity index (χ0n) is 13.0. The third kappa shape index (κ3) is 4.22. The third-order valence-corrected chi connectivity index (χ3v) is 3.67. The first-order chi connectivity index (χ1) is 10.2. The van der Waals surface area contributed by atoms with E-state index in [0.29, 0.717) is 6.04 Å². The van der Waals surface area contributed by atoms with E-state index in [4.69, 9.17) is 0 Å². The minimum Gasteiger partial charge on any atom is -0.375 e. The van der Waals surface area contributed by atoms with Crippen molar-refractivity contribution in [2.75, 3.05) is 5.32 Å². The monoisotopic (exact) mass is 283 g/mol. The second-order valence-electron chi connectivity index (χ2n) is 5.34.